The van der Waals surface area contributed by atoms with Crippen LogP contribution in [0.1, 0.15) is 48.2 Å². The van der Waals surface area contributed by atoms with Gasteiger partial charge in [0, 0.05) is 41.0 Å². The monoisotopic (exact) mass is 527 g/mol. The van der Waals surface area contributed by atoms with Gasteiger partial charge in [0.25, 0.3) is 5.91 Å². The molecule has 2 aromatic carbocycles. The molecule has 0 aliphatic carbocycles. The number of ether oxygens (including phenoxy) is 1. The Morgan fingerprint density at radius 1 is 1.14 bits per heavy atom. The highest BCUT2D eigenvalue weighted by Crippen LogP contribution is 2.41. The van der Waals surface area contributed by atoms with Gasteiger partial charge in [0.2, 0.25) is 5.75 Å². The molecule has 0 spiro atoms. The van der Waals surface area contributed by atoms with Crippen LogP contribution in [-0.2, 0) is 0 Å². The molecule has 1 unspecified atom stereocenters. The lowest BCUT2D eigenvalue weighted by Crippen LogP contribution is -2.35. The van der Waals surface area contributed by atoms with Crippen LogP contribution in [0.25, 0.3) is 22.1 Å². The first-order valence-electron chi connectivity index (χ1n) is 11.7. The lowest BCUT2D eigenvalue weighted by atomic mass is 10.0. The van der Waals surface area contributed by atoms with Gasteiger partial charge in [0.15, 0.2) is 11.4 Å². The lowest BCUT2D eigenvalue weighted by molar-refractivity contribution is 0.0724. The largest absolute Gasteiger partial charge is 0.478 e. The van der Waals surface area contributed by atoms with Crippen LogP contribution < -0.4 is 10.5 Å². The number of carbonyl (C=O) groups excluding carboxylic acids is 1. The number of nitrogens with two attached hydrogens (primary N) is 1. The number of aromatic nitrogens is 1. The number of amides is 1. The number of piperidine rings is 1. The van der Waals surface area contributed by atoms with Crippen molar-refractivity contribution in [1.29, 1.82) is 0 Å². The Hall–Kier alpha value is -3.29. The quantitative estimate of drug-likeness (QED) is 0.275. The van der Waals surface area contributed by atoms with E-state index >= 15 is 0 Å². The summed E-state index contributed by atoms with van der Waals surface area (Å²) < 4.78 is 26.0. The average Bonchev–Trinajstić information content (AvgIpc) is 3.33. The Bertz CT molecular complexity index is 1430. The molecule has 186 valence electrons. The first-order valence-corrected chi connectivity index (χ1v) is 12.5. The number of anilines is 1. The van der Waals surface area contributed by atoms with E-state index in [1.165, 1.54) is 18.6 Å². The van der Waals surface area contributed by atoms with Crippen LogP contribution in [0.3, 0.4) is 0 Å². The number of likely N-dealkylation sites (tertiary alicyclic amines) is 1. The Labute approximate surface area is 217 Å². The standard InChI is InChI=1S/C27H24Cl2FN3O3/c1-15(22-20(28)9-10-21(30)23(22)29)36-25-24-18(13-32-26(25)31)19(14-35-24)16-5-7-17(8-6-16)27(34)33-11-3-2-4-12-33/h5-10,13-15H,2-4,11-12H2,1H3,(H2,31,32). The molecule has 1 aliphatic heterocycles. The SMILES string of the molecule is CC(Oc1c(N)ncc2c(-c3ccc(C(=O)N4CCCCC4)cc3)coc12)c1c(Cl)ccc(F)c1Cl. The number of hydrogen-bond acceptors (Lipinski definition) is 5. The summed E-state index contributed by atoms with van der Waals surface area (Å²) in [6, 6.07) is 10.0. The summed E-state index contributed by atoms with van der Waals surface area (Å²) in [7, 11) is 0. The second-order valence-corrected chi connectivity index (χ2v) is 9.60. The zero-order valence-electron chi connectivity index (χ0n) is 19.6. The minimum Gasteiger partial charge on any atom is -0.478 e. The summed E-state index contributed by atoms with van der Waals surface area (Å²) in [5.41, 5.74) is 9.08. The molecule has 1 amide bonds. The number of furan rings is 1. The van der Waals surface area contributed by atoms with E-state index in [4.69, 9.17) is 38.1 Å². The molecular formula is C27H24Cl2FN3O3. The van der Waals surface area contributed by atoms with Gasteiger partial charge in [-0.1, -0.05) is 35.3 Å². The summed E-state index contributed by atoms with van der Waals surface area (Å²) in [5.74, 6) is -0.230. The van der Waals surface area contributed by atoms with E-state index in [0.717, 1.165) is 37.1 Å². The fraction of sp³-hybridized carbons (Fsp3) is 0.259. The molecule has 4 aromatic rings. The van der Waals surface area contributed by atoms with Crippen molar-refractivity contribution >= 4 is 45.9 Å². The minimum atomic E-state index is -0.732. The molecule has 36 heavy (non-hydrogen) atoms. The number of carbonyl (C=O) groups is 1. The summed E-state index contributed by atoms with van der Waals surface area (Å²) in [4.78, 5) is 19.0. The smallest absolute Gasteiger partial charge is 0.253 e. The van der Waals surface area contributed by atoms with Gasteiger partial charge in [-0.05, 0) is 56.0 Å². The zero-order valence-corrected chi connectivity index (χ0v) is 21.1. The topological polar surface area (TPSA) is 81.6 Å². The Kier molecular flexibility index (Phi) is 6.77. The second kappa shape index (κ2) is 9.99. The zero-order chi connectivity index (χ0) is 25.4. The van der Waals surface area contributed by atoms with Crippen molar-refractivity contribution in [2.45, 2.75) is 32.3 Å². The molecule has 1 fully saturated rings. The number of nitrogens with zero attached hydrogens (tertiary/aromatic N) is 2. The van der Waals surface area contributed by atoms with Crippen molar-refractivity contribution in [2.24, 2.45) is 0 Å². The van der Waals surface area contributed by atoms with Gasteiger partial charge >= 0.3 is 0 Å². The number of fused-ring (bicyclic) bond motifs is 1. The van der Waals surface area contributed by atoms with E-state index in [-0.39, 0.29) is 27.5 Å². The molecule has 5 rings (SSSR count). The molecule has 2 N–H and O–H groups in total. The fourth-order valence-corrected chi connectivity index (χ4v) is 5.22. The van der Waals surface area contributed by atoms with Crippen molar-refractivity contribution in [2.75, 3.05) is 18.8 Å². The van der Waals surface area contributed by atoms with Crippen molar-refractivity contribution in [3.63, 3.8) is 0 Å². The maximum Gasteiger partial charge on any atom is 0.253 e. The van der Waals surface area contributed by atoms with E-state index < -0.39 is 11.9 Å². The van der Waals surface area contributed by atoms with E-state index in [1.54, 1.807) is 19.4 Å². The van der Waals surface area contributed by atoms with Crippen molar-refractivity contribution in [3.8, 4) is 16.9 Å². The van der Waals surface area contributed by atoms with E-state index in [1.807, 2.05) is 29.2 Å². The summed E-state index contributed by atoms with van der Waals surface area (Å²) in [5, 5.41) is 0.831. The third kappa shape index (κ3) is 4.49. The van der Waals surface area contributed by atoms with Crippen LogP contribution in [0.4, 0.5) is 10.2 Å². The first-order chi connectivity index (χ1) is 17.3. The number of halogens is 3. The fourth-order valence-electron chi connectivity index (χ4n) is 4.54. The molecule has 1 aliphatic rings. The van der Waals surface area contributed by atoms with Gasteiger partial charge in [0.1, 0.15) is 11.9 Å². The molecule has 2 aromatic heterocycles. The molecule has 0 saturated carbocycles. The van der Waals surface area contributed by atoms with Crippen LogP contribution in [0.15, 0.2) is 53.3 Å². The Morgan fingerprint density at radius 3 is 2.58 bits per heavy atom. The third-order valence-electron chi connectivity index (χ3n) is 6.47. The molecule has 9 heteroatoms. The normalized spacial score (nSPS) is 14.7. The van der Waals surface area contributed by atoms with Crippen molar-refractivity contribution < 1.29 is 18.3 Å². The van der Waals surface area contributed by atoms with Crippen LogP contribution in [-0.4, -0.2) is 28.9 Å². The van der Waals surface area contributed by atoms with Gasteiger partial charge in [-0.25, -0.2) is 9.37 Å². The molecule has 3 heterocycles. The molecule has 1 atom stereocenters. The third-order valence-corrected chi connectivity index (χ3v) is 7.18. The predicted octanol–water partition coefficient (Wildman–Crippen LogP) is 7.29. The highest BCUT2D eigenvalue weighted by Gasteiger charge is 2.24. The highest BCUT2D eigenvalue weighted by atomic mass is 35.5. The van der Waals surface area contributed by atoms with Crippen molar-refractivity contribution in [3.05, 3.63) is 75.8 Å². The van der Waals surface area contributed by atoms with Crippen LogP contribution in [0, 0.1) is 5.82 Å². The molecule has 1 saturated heterocycles. The van der Waals surface area contributed by atoms with Crippen LogP contribution in [0.2, 0.25) is 10.0 Å². The number of benzene rings is 2. The summed E-state index contributed by atoms with van der Waals surface area (Å²) in [6.45, 7) is 3.29. The minimum absolute atomic E-state index is 0.0482. The average molecular weight is 528 g/mol. The van der Waals surface area contributed by atoms with E-state index in [0.29, 0.717) is 22.1 Å². The van der Waals surface area contributed by atoms with Crippen molar-refractivity contribution in [1.82, 2.24) is 9.88 Å². The predicted molar refractivity (Wildman–Crippen MR) is 139 cm³/mol. The first kappa shape index (κ1) is 24.4. The molecule has 6 nitrogen and oxygen atoms in total. The second-order valence-electron chi connectivity index (χ2n) is 8.81. The summed E-state index contributed by atoms with van der Waals surface area (Å²) in [6.07, 6.45) is 5.72. The van der Waals surface area contributed by atoms with Gasteiger partial charge in [-0.15, -0.1) is 0 Å². The number of rotatable bonds is 5. The van der Waals surface area contributed by atoms with Gasteiger partial charge < -0.3 is 19.8 Å². The number of hydrogen-bond donors (Lipinski definition) is 1. The lowest BCUT2D eigenvalue weighted by Gasteiger charge is -2.26. The maximum absolute atomic E-state index is 14.0. The summed E-state index contributed by atoms with van der Waals surface area (Å²) >= 11 is 12.4. The number of pyridine rings is 1. The highest BCUT2D eigenvalue weighted by molar-refractivity contribution is 6.36. The van der Waals surface area contributed by atoms with Crippen LogP contribution >= 0.6 is 23.2 Å². The van der Waals surface area contributed by atoms with Gasteiger partial charge in [-0.2, -0.15) is 0 Å². The molecule has 0 bridgehead atoms. The van der Waals surface area contributed by atoms with Gasteiger partial charge in [0.05, 0.1) is 16.7 Å². The Morgan fingerprint density at radius 2 is 1.86 bits per heavy atom. The van der Waals surface area contributed by atoms with E-state index in [2.05, 4.69) is 4.98 Å². The molecular weight excluding hydrogens is 504 g/mol. The Balaban J connectivity index is 1.45. The van der Waals surface area contributed by atoms with Crippen LogP contribution in [0.5, 0.6) is 5.75 Å². The van der Waals surface area contributed by atoms with Gasteiger partial charge in [-0.3, -0.25) is 4.79 Å². The maximum atomic E-state index is 14.0. The van der Waals surface area contributed by atoms with E-state index in [9.17, 15) is 9.18 Å². The number of nitrogen functional groups attached to an aromatic ring is 1. The molecule has 0 radical (unpaired) electrons.